The van der Waals surface area contributed by atoms with Crippen molar-refractivity contribution in [3.05, 3.63) is 59.5 Å². The Labute approximate surface area is 166 Å². The maximum absolute atomic E-state index is 13.0. The SMILES string of the molecule is O=C(N[C@@H]1CN(C(=O)c2ccnc3c2CCN3)C[C@H]1O)c1cccc2occc12. The number of furan rings is 1. The number of nitrogens with zero attached hydrogens (tertiary/aromatic N) is 2. The largest absolute Gasteiger partial charge is 0.464 e. The van der Waals surface area contributed by atoms with Gasteiger partial charge in [-0.15, -0.1) is 0 Å². The highest BCUT2D eigenvalue weighted by atomic mass is 16.3. The first kappa shape index (κ1) is 17.7. The number of rotatable bonds is 3. The average Bonchev–Trinajstić information content (AvgIpc) is 3.46. The molecule has 3 N–H and O–H groups in total. The Kier molecular flexibility index (Phi) is 4.21. The lowest BCUT2D eigenvalue weighted by molar-refractivity contribution is 0.0764. The molecule has 148 valence electrons. The number of aromatic nitrogens is 1. The number of fused-ring (bicyclic) bond motifs is 2. The van der Waals surface area contributed by atoms with Crippen LogP contribution in [0.4, 0.5) is 5.82 Å². The molecule has 2 aliphatic heterocycles. The minimum atomic E-state index is -0.834. The summed E-state index contributed by atoms with van der Waals surface area (Å²) in [5.41, 5.74) is 2.61. The molecule has 29 heavy (non-hydrogen) atoms. The van der Waals surface area contributed by atoms with Crippen LogP contribution in [0, 0.1) is 0 Å². The molecule has 5 rings (SSSR count). The van der Waals surface area contributed by atoms with Gasteiger partial charge in [0.05, 0.1) is 24.0 Å². The zero-order chi connectivity index (χ0) is 20.0. The molecular formula is C21H20N4O4. The Morgan fingerprint density at radius 2 is 2.10 bits per heavy atom. The zero-order valence-corrected chi connectivity index (χ0v) is 15.6. The number of hydrogen-bond donors (Lipinski definition) is 3. The van der Waals surface area contributed by atoms with Gasteiger partial charge in [-0.05, 0) is 30.7 Å². The number of nitrogens with one attached hydrogen (secondary N) is 2. The van der Waals surface area contributed by atoms with Gasteiger partial charge in [-0.1, -0.05) is 6.07 Å². The third-order valence-electron chi connectivity index (χ3n) is 5.59. The van der Waals surface area contributed by atoms with Crippen molar-refractivity contribution in [2.75, 3.05) is 25.0 Å². The number of likely N-dealkylation sites (tertiary alicyclic amines) is 1. The topological polar surface area (TPSA) is 108 Å². The number of carbonyl (C=O) groups is 2. The number of amides is 2. The summed E-state index contributed by atoms with van der Waals surface area (Å²) in [6, 6.07) is 8.17. The van der Waals surface area contributed by atoms with E-state index in [0.29, 0.717) is 22.1 Å². The van der Waals surface area contributed by atoms with Crippen molar-refractivity contribution in [2.24, 2.45) is 0 Å². The van der Waals surface area contributed by atoms with Crippen molar-refractivity contribution < 1.29 is 19.1 Å². The molecule has 3 aromatic rings. The number of hydrogen-bond acceptors (Lipinski definition) is 6. The molecule has 2 atom stereocenters. The van der Waals surface area contributed by atoms with Gasteiger partial charge >= 0.3 is 0 Å². The van der Waals surface area contributed by atoms with Gasteiger partial charge in [0.15, 0.2) is 0 Å². The summed E-state index contributed by atoms with van der Waals surface area (Å²) in [4.78, 5) is 31.6. The number of pyridine rings is 1. The van der Waals surface area contributed by atoms with Gasteiger partial charge in [0.1, 0.15) is 11.4 Å². The van der Waals surface area contributed by atoms with Gasteiger partial charge in [-0.2, -0.15) is 0 Å². The van der Waals surface area contributed by atoms with Crippen LogP contribution in [-0.4, -0.2) is 58.6 Å². The summed E-state index contributed by atoms with van der Waals surface area (Å²) in [6.07, 6.45) is 3.06. The number of carbonyl (C=O) groups excluding carboxylic acids is 2. The second-order valence-electron chi connectivity index (χ2n) is 7.36. The maximum Gasteiger partial charge on any atom is 0.254 e. The number of aliphatic hydroxyl groups is 1. The molecule has 0 radical (unpaired) electrons. The van der Waals surface area contributed by atoms with Crippen molar-refractivity contribution in [3.8, 4) is 0 Å². The van der Waals surface area contributed by atoms with E-state index in [9.17, 15) is 14.7 Å². The maximum atomic E-state index is 13.0. The highest BCUT2D eigenvalue weighted by Gasteiger charge is 2.36. The van der Waals surface area contributed by atoms with Gasteiger partial charge in [0, 0.05) is 42.3 Å². The van der Waals surface area contributed by atoms with Crippen LogP contribution in [0.25, 0.3) is 11.0 Å². The minimum Gasteiger partial charge on any atom is -0.464 e. The van der Waals surface area contributed by atoms with Gasteiger partial charge in [-0.25, -0.2) is 4.98 Å². The Balaban J connectivity index is 1.32. The lowest BCUT2D eigenvalue weighted by Crippen LogP contribution is -2.43. The van der Waals surface area contributed by atoms with E-state index in [1.165, 1.54) is 6.26 Å². The van der Waals surface area contributed by atoms with Crippen LogP contribution in [0.2, 0.25) is 0 Å². The molecule has 2 amide bonds. The quantitative estimate of drug-likeness (QED) is 0.622. The van der Waals surface area contributed by atoms with Gasteiger partial charge in [0.25, 0.3) is 11.8 Å². The predicted molar refractivity (Wildman–Crippen MR) is 106 cm³/mol. The van der Waals surface area contributed by atoms with Crippen LogP contribution in [0.5, 0.6) is 0 Å². The Morgan fingerprint density at radius 3 is 3.00 bits per heavy atom. The first-order valence-corrected chi connectivity index (χ1v) is 9.58. The average molecular weight is 392 g/mol. The van der Waals surface area contributed by atoms with Crippen LogP contribution in [0.15, 0.2) is 47.2 Å². The van der Waals surface area contributed by atoms with E-state index in [1.807, 2.05) is 0 Å². The van der Waals surface area contributed by atoms with Crippen LogP contribution in [0.1, 0.15) is 26.3 Å². The fourth-order valence-electron chi connectivity index (χ4n) is 4.11. The van der Waals surface area contributed by atoms with Crippen LogP contribution in [-0.2, 0) is 6.42 Å². The molecule has 4 heterocycles. The second-order valence-corrected chi connectivity index (χ2v) is 7.36. The van der Waals surface area contributed by atoms with E-state index in [4.69, 9.17) is 4.42 Å². The van der Waals surface area contributed by atoms with Crippen molar-refractivity contribution >= 4 is 28.6 Å². The van der Waals surface area contributed by atoms with Crippen molar-refractivity contribution in [1.82, 2.24) is 15.2 Å². The van der Waals surface area contributed by atoms with E-state index >= 15 is 0 Å². The Hall–Kier alpha value is -3.39. The highest BCUT2D eigenvalue weighted by molar-refractivity contribution is 6.06. The normalized spacial score (nSPS) is 20.5. The fraction of sp³-hybridized carbons (Fsp3) is 0.286. The van der Waals surface area contributed by atoms with Crippen LogP contribution >= 0.6 is 0 Å². The second kappa shape index (κ2) is 6.89. The van der Waals surface area contributed by atoms with E-state index in [-0.39, 0.29) is 24.9 Å². The predicted octanol–water partition coefficient (Wildman–Crippen LogP) is 1.41. The summed E-state index contributed by atoms with van der Waals surface area (Å²) in [7, 11) is 0. The fourth-order valence-corrected chi connectivity index (χ4v) is 4.11. The molecule has 1 fully saturated rings. The number of benzene rings is 1. The summed E-state index contributed by atoms with van der Waals surface area (Å²) in [5, 5.41) is 17.2. The highest BCUT2D eigenvalue weighted by Crippen LogP contribution is 2.26. The Bertz CT molecular complexity index is 1110. The molecule has 0 unspecified atom stereocenters. The van der Waals surface area contributed by atoms with Crippen LogP contribution in [0.3, 0.4) is 0 Å². The molecular weight excluding hydrogens is 372 g/mol. The minimum absolute atomic E-state index is 0.153. The molecule has 2 aromatic heterocycles. The first-order valence-electron chi connectivity index (χ1n) is 9.58. The van der Waals surface area contributed by atoms with Gasteiger partial charge in [-0.3, -0.25) is 9.59 Å². The molecule has 0 aliphatic carbocycles. The Morgan fingerprint density at radius 1 is 1.21 bits per heavy atom. The third-order valence-corrected chi connectivity index (χ3v) is 5.59. The van der Waals surface area contributed by atoms with E-state index in [1.54, 1.807) is 41.4 Å². The summed E-state index contributed by atoms with van der Waals surface area (Å²) < 4.78 is 5.34. The molecule has 1 saturated heterocycles. The summed E-state index contributed by atoms with van der Waals surface area (Å²) >= 11 is 0. The molecule has 0 saturated carbocycles. The van der Waals surface area contributed by atoms with E-state index in [2.05, 4.69) is 15.6 Å². The molecule has 0 spiro atoms. The molecule has 0 bridgehead atoms. The van der Waals surface area contributed by atoms with Crippen molar-refractivity contribution in [1.29, 1.82) is 0 Å². The molecule has 8 nitrogen and oxygen atoms in total. The molecule has 1 aromatic carbocycles. The standard InChI is InChI=1S/C21H20N4O4/c26-17-11-25(21(28)15-5-8-23-19-13(15)4-7-22-19)10-16(17)24-20(27)14-2-1-3-18-12(14)6-9-29-18/h1-3,5-6,8-9,16-17,26H,4,7,10-11H2,(H,22,23)(H,24,27)/t16-,17-/m1/s1. The number of anilines is 1. The number of β-amino-alcohol motifs (C(OH)–C–C–N with tert-alkyl or cyclic N) is 1. The van der Waals surface area contributed by atoms with Crippen molar-refractivity contribution in [3.63, 3.8) is 0 Å². The first-order chi connectivity index (χ1) is 14.1. The van der Waals surface area contributed by atoms with Gasteiger partial charge < -0.3 is 25.1 Å². The number of aliphatic hydroxyl groups excluding tert-OH is 1. The third kappa shape index (κ3) is 3.01. The summed E-state index contributed by atoms with van der Waals surface area (Å²) in [6.45, 7) is 1.18. The molecule has 2 aliphatic rings. The lowest BCUT2D eigenvalue weighted by Gasteiger charge is -2.18. The van der Waals surface area contributed by atoms with E-state index < -0.39 is 12.1 Å². The molecule has 8 heteroatoms. The summed E-state index contributed by atoms with van der Waals surface area (Å²) in [5.74, 6) is 0.290. The van der Waals surface area contributed by atoms with E-state index in [0.717, 1.165) is 24.3 Å². The smallest absolute Gasteiger partial charge is 0.254 e. The van der Waals surface area contributed by atoms with Gasteiger partial charge in [0.2, 0.25) is 0 Å². The van der Waals surface area contributed by atoms with Crippen LogP contribution < -0.4 is 10.6 Å². The zero-order valence-electron chi connectivity index (χ0n) is 15.6. The monoisotopic (exact) mass is 392 g/mol. The van der Waals surface area contributed by atoms with Crippen molar-refractivity contribution in [2.45, 2.75) is 18.6 Å². The lowest BCUT2D eigenvalue weighted by atomic mass is 10.1.